The van der Waals surface area contributed by atoms with Crippen molar-refractivity contribution in [2.45, 2.75) is 6.92 Å². The fourth-order valence-corrected chi connectivity index (χ4v) is 1.64. The quantitative estimate of drug-likeness (QED) is 0.781. The molecule has 0 saturated carbocycles. The Balaban J connectivity index is 3.18. The number of aliphatic hydroxyl groups excluding tert-OH is 1. The lowest BCUT2D eigenvalue weighted by atomic mass is 10.0. The highest BCUT2D eigenvalue weighted by molar-refractivity contribution is 6.48. The van der Waals surface area contributed by atoms with Crippen molar-refractivity contribution in [2.24, 2.45) is 0 Å². The van der Waals surface area contributed by atoms with E-state index < -0.39 is 0 Å². The van der Waals surface area contributed by atoms with Gasteiger partial charge in [0.05, 0.1) is 21.7 Å². The van der Waals surface area contributed by atoms with E-state index in [2.05, 4.69) is 0 Å². The zero-order chi connectivity index (χ0) is 10.0. The SMILES string of the molecule is C[C](CO)c1ccc(Cl)c(Cl)c1Cl. The smallest absolute Gasteiger partial charge is 0.0781 e. The van der Waals surface area contributed by atoms with E-state index in [1.807, 2.05) is 0 Å². The van der Waals surface area contributed by atoms with Crippen LogP contribution >= 0.6 is 34.8 Å². The van der Waals surface area contributed by atoms with Crippen LogP contribution in [0.15, 0.2) is 12.1 Å². The van der Waals surface area contributed by atoms with E-state index in [-0.39, 0.29) is 6.61 Å². The highest BCUT2D eigenvalue weighted by atomic mass is 35.5. The molecule has 0 atom stereocenters. The van der Waals surface area contributed by atoms with Gasteiger partial charge in [-0.1, -0.05) is 47.8 Å². The van der Waals surface area contributed by atoms with Crippen molar-refractivity contribution in [2.75, 3.05) is 6.61 Å². The Kier molecular flexibility index (Phi) is 3.87. The lowest BCUT2D eigenvalue weighted by Crippen LogP contribution is -2.00. The lowest BCUT2D eigenvalue weighted by molar-refractivity contribution is 0.315. The molecule has 0 amide bonds. The first-order valence-electron chi connectivity index (χ1n) is 3.65. The second-order valence-electron chi connectivity index (χ2n) is 2.66. The van der Waals surface area contributed by atoms with Crippen LogP contribution in [0, 0.1) is 5.92 Å². The van der Waals surface area contributed by atoms with Crippen LogP contribution in [0.2, 0.25) is 15.1 Å². The van der Waals surface area contributed by atoms with Gasteiger partial charge < -0.3 is 5.11 Å². The minimum atomic E-state index is -0.0440. The lowest BCUT2D eigenvalue weighted by Gasteiger charge is -2.11. The monoisotopic (exact) mass is 237 g/mol. The van der Waals surface area contributed by atoms with Crippen molar-refractivity contribution < 1.29 is 5.11 Å². The van der Waals surface area contributed by atoms with Crippen LogP contribution in [0.1, 0.15) is 12.5 Å². The molecule has 0 saturated heterocycles. The molecule has 0 unspecified atom stereocenters. The molecule has 0 aliphatic rings. The average Bonchev–Trinajstić information content (AvgIpc) is 2.13. The Bertz CT molecular complexity index is 312. The second-order valence-corrected chi connectivity index (χ2v) is 3.82. The molecule has 1 N–H and O–H groups in total. The number of hydrogen-bond donors (Lipinski definition) is 1. The largest absolute Gasteiger partial charge is 0.395 e. The normalized spacial score (nSPS) is 10.9. The van der Waals surface area contributed by atoms with Gasteiger partial charge in [-0.25, -0.2) is 0 Å². The molecule has 0 aromatic heterocycles. The van der Waals surface area contributed by atoms with Gasteiger partial charge in [0.15, 0.2) is 0 Å². The Labute approximate surface area is 92.2 Å². The molecule has 0 heterocycles. The van der Waals surface area contributed by atoms with Gasteiger partial charge in [-0.15, -0.1) is 0 Å². The van der Waals surface area contributed by atoms with E-state index in [1.165, 1.54) is 0 Å². The van der Waals surface area contributed by atoms with E-state index in [0.717, 1.165) is 11.5 Å². The van der Waals surface area contributed by atoms with Crippen LogP contribution < -0.4 is 0 Å². The third-order valence-corrected chi connectivity index (χ3v) is 3.03. The number of halogens is 3. The highest BCUT2D eigenvalue weighted by Gasteiger charge is 2.13. The molecule has 1 rings (SSSR count). The molecule has 1 nitrogen and oxygen atoms in total. The van der Waals surface area contributed by atoms with Gasteiger partial charge in [-0.2, -0.15) is 0 Å². The molecule has 0 aliphatic carbocycles. The zero-order valence-corrected chi connectivity index (χ0v) is 9.21. The number of rotatable bonds is 2. The van der Waals surface area contributed by atoms with E-state index in [1.54, 1.807) is 19.1 Å². The molecular formula is C9H8Cl3O. The van der Waals surface area contributed by atoms with Gasteiger partial charge in [0.1, 0.15) is 0 Å². The van der Waals surface area contributed by atoms with Crippen LogP contribution in [0.5, 0.6) is 0 Å². The van der Waals surface area contributed by atoms with Crippen LogP contribution in [0.25, 0.3) is 0 Å². The van der Waals surface area contributed by atoms with E-state index in [4.69, 9.17) is 39.9 Å². The Morgan fingerprint density at radius 2 is 1.85 bits per heavy atom. The number of benzene rings is 1. The van der Waals surface area contributed by atoms with Crippen molar-refractivity contribution >= 4 is 34.8 Å². The van der Waals surface area contributed by atoms with Crippen LogP contribution in [0.3, 0.4) is 0 Å². The summed E-state index contributed by atoms with van der Waals surface area (Å²) in [6.45, 7) is 1.74. The minimum absolute atomic E-state index is 0.0440. The molecule has 0 aliphatic heterocycles. The van der Waals surface area contributed by atoms with Crippen LogP contribution in [-0.4, -0.2) is 11.7 Å². The summed E-state index contributed by atoms with van der Waals surface area (Å²) in [4.78, 5) is 0. The fraction of sp³-hybridized carbons (Fsp3) is 0.222. The first kappa shape index (κ1) is 11.1. The fourth-order valence-electron chi connectivity index (χ4n) is 0.941. The van der Waals surface area contributed by atoms with Crippen LogP contribution in [-0.2, 0) is 0 Å². The van der Waals surface area contributed by atoms with Gasteiger partial charge in [-0.05, 0) is 11.6 Å². The van der Waals surface area contributed by atoms with Crippen molar-refractivity contribution in [3.8, 4) is 0 Å². The predicted molar refractivity (Wildman–Crippen MR) is 56.6 cm³/mol. The molecule has 71 valence electrons. The van der Waals surface area contributed by atoms with Gasteiger partial charge >= 0.3 is 0 Å². The highest BCUT2D eigenvalue weighted by Crippen LogP contribution is 2.35. The zero-order valence-electron chi connectivity index (χ0n) is 6.94. The van der Waals surface area contributed by atoms with Crippen molar-refractivity contribution in [3.05, 3.63) is 38.7 Å². The van der Waals surface area contributed by atoms with Gasteiger partial charge in [0.2, 0.25) is 0 Å². The summed E-state index contributed by atoms with van der Waals surface area (Å²) in [5.41, 5.74) is 0.735. The second kappa shape index (κ2) is 4.52. The standard InChI is InChI=1S/C9H8Cl3O/c1-5(4-13)6-2-3-7(10)9(12)8(6)11/h2-3,13H,4H2,1H3. The summed E-state index contributed by atoms with van der Waals surface area (Å²) >= 11 is 17.5. The van der Waals surface area contributed by atoms with Crippen molar-refractivity contribution in [1.29, 1.82) is 0 Å². The molecule has 13 heavy (non-hydrogen) atoms. The summed E-state index contributed by atoms with van der Waals surface area (Å²) in [5.74, 6) is 0.767. The number of hydrogen-bond acceptors (Lipinski definition) is 1. The molecule has 0 bridgehead atoms. The molecule has 1 radical (unpaired) electrons. The molecule has 0 spiro atoms. The van der Waals surface area contributed by atoms with Crippen molar-refractivity contribution in [3.63, 3.8) is 0 Å². The maximum absolute atomic E-state index is 8.90. The van der Waals surface area contributed by atoms with Gasteiger partial charge in [0, 0.05) is 5.92 Å². The Morgan fingerprint density at radius 3 is 2.38 bits per heavy atom. The first-order valence-corrected chi connectivity index (χ1v) is 4.78. The van der Waals surface area contributed by atoms with E-state index in [0.29, 0.717) is 15.1 Å². The summed E-state index contributed by atoms with van der Waals surface area (Å²) in [5, 5.41) is 10.0. The topological polar surface area (TPSA) is 20.2 Å². The molecular weight excluding hydrogens is 230 g/mol. The van der Waals surface area contributed by atoms with Crippen LogP contribution in [0.4, 0.5) is 0 Å². The Morgan fingerprint density at radius 1 is 1.23 bits per heavy atom. The first-order chi connectivity index (χ1) is 6.07. The van der Waals surface area contributed by atoms with E-state index >= 15 is 0 Å². The molecule has 4 heteroatoms. The molecule has 1 aromatic rings. The predicted octanol–water partition coefficient (Wildman–Crippen LogP) is 3.58. The maximum atomic E-state index is 8.90. The summed E-state index contributed by atoms with van der Waals surface area (Å²) in [6.07, 6.45) is 0. The maximum Gasteiger partial charge on any atom is 0.0781 e. The third-order valence-electron chi connectivity index (χ3n) is 1.73. The summed E-state index contributed by atoms with van der Waals surface area (Å²) < 4.78 is 0. The average molecular weight is 239 g/mol. The van der Waals surface area contributed by atoms with Gasteiger partial charge in [0.25, 0.3) is 0 Å². The summed E-state index contributed by atoms with van der Waals surface area (Å²) in [6, 6.07) is 3.40. The minimum Gasteiger partial charge on any atom is -0.395 e. The van der Waals surface area contributed by atoms with E-state index in [9.17, 15) is 0 Å². The molecule has 0 fully saturated rings. The molecule has 1 aromatic carbocycles. The number of aliphatic hydroxyl groups is 1. The Hall–Kier alpha value is 0.0500. The van der Waals surface area contributed by atoms with Gasteiger partial charge in [-0.3, -0.25) is 0 Å². The summed E-state index contributed by atoms with van der Waals surface area (Å²) in [7, 11) is 0. The van der Waals surface area contributed by atoms with Crippen molar-refractivity contribution in [1.82, 2.24) is 0 Å². The third kappa shape index (κ3) is 2.29.